The molecular weight excluding hydrogens is 324 g/mol. The van der Waals surface area contributed by atoms with E-state index >= 15 is 0 Å². The molecular formula is C17H38N4O2S. The highest BCUT2D eigenvalue weighted by molar-refractivity contribution is 7.90. The number of guanidine groups is 1. The van der Waals surface area contributed by atoms with Gasteiger partial charge in [-0.1, -0.05) is 26.7 Å². The molecule has 6 nitrogen and oxygen atoms in total. The molecule has 0 bridgehead atoms. The second-order valence-electron chi connectivity index (χ2n) is 6.79. The molecule has 24 heavy (non-hydrogen) atoms. The van der Waals surface area contributed by atoms with Gasteiger partial charge in [-0.05, 0) is 40.3 Å². The second-order valence-corrected chi connectivity index (χ2v) is 9.05. The first kappa shape index (κ1) is 23.2. The van der Waals surface area contributed by atoms with E-state index in [2.05, 4.69) is 43.5 Å². The largest absolute Gasteiger partial charge is 0.357 e. The zero-order valence-electron chi connectivity index (χ0n) is 16.6. The lowest BCUT2D eigenvalue weighted by atomic mass is 9.93. The minimum Gasteiger partial charge on any atom is -0.357 e. The molecule has 0 rings (SSSR count). The number of rotatable bonds is 11. The number of nitrogens with one attached hydrogen (secondary N) is 2. The summed E-state index contributed by atoms with van der Waals surface area (Å²) in [6.45, 7) is 9.98. The van der Waals surface area contributed by atoms with Gasteiger partial charge in [0.2, 0.25) is 0 Å². The molecule has 2 atom stereocenters. The summed E-state index contributed by atoms with van der Waals surface area (Å²) in [5.41, 5.74) is 0. The molecule has 0 saturated carbocycles. The van der Waals surface area contributed by atoms with E-state index < -0.39 is 9.84 Å². The fourth-order valence-corrected chi connectivity index (χ4v) is 3.55. The number of nitrogens with zero attached hydrogens (tertiary/aromatic N) is 2. The molecule has 0 saturated heterocycles. The Kier molecular flexibility index (Phi) is 11.3. The molecule has 0 aromatic rings. The number of likely N-dealkylation sites (N-methyl/N-ethyl adjacent to an activating group) is 1. The van der Waals surface area contributed by atoms with Gasteiger partial charge in [0, 0.05) is 24.9 Å². The van der Waals surface area contributed by atoms with Gasteiger partial charge in [-0.2, -0.15) is 0 Å². The summed E-state index contributed by atoms with van der Waals surface area (Å²) in [5.74, 6) is 1.57. The maximum atomic E-state index is 11.3. The summed E-state index contributed by atoms with van der Waals surface area (Å²) >= 11 is 0. The minimum absolute atomic E-state index is 0.0588. The summed E-state index contributed by atoms with van der Waals surface area (Å²) in [5, 5.41) is 6.57. The van der Waals surface area contributed by atoms with Crippen molar-refractivity contribution < 1.29 is 8.42 Å². The number of aliphatic imine (C=N–C) groups is 1. The average molecular weight is 363 g/mol. The molecule has 0 aliphatic heterocycles. The molecule has 0 aliphatic carbocycles. The minimum atomic E-state index is -2.93. The van der Waals surface area contributed by atoms with Gasteiger partial charge in [-0.15, -0.1) is 0 Å². The Bertz CT molecular complexity index is 459. The first-order chi connectivity index (χ1) is 11.1. The van der Waals surface area contributed by atoms with E-state index in [4.69, 9.17) is 4.99 Å². The summed E-state index contributed by atoms with van der Waals surface area (Å²) in [4.78, 5) is 6.99. The van der Waals surface area contributed by atoms with Crippen molar-refractivity contribution in [2.45, 2.75) is 59.0 Å². The van der Waals surface area contributed by atoms with E-state index in [1.807, 2.05) is 13.8 Å². The Balaban J connectivity index is 4.85. The molecule has 2 unspecified atom stereocenters. The van der Waals surface area contributed by atoms with Crippen molar-refractivity contribution in [1.29, 1.82) is 0 Å². The summed E-state index contributed by atoms with van der Waals surface area (Å²) < 4.78 is 22.6. The van der Waals surface area contributed by atoms with Gasteiger partial charge in [0.15, 0.2) is 5.96 Å². The molecule has 144 valence electrons. The van der Waals surface area contributed by atoms with E-state index in [0.29, 0.717) is 18.4 Å². The standard InChI is InChI=1S/C17H38N4O2S/c1-8-15(9-2)16(21(5)6)13-19-17(18-10-3)20-14(4)11-12-24(7,22)23/h14-16H,8-13H2,1-7H3,(H2,18,19,20). The number of hydrogen-bond donors (Lipinski definition) is 2. The van der Waals surface area contributed by atoms with E-state index in [9.17, 15) is 8.42 Å². The predicted molar refractivity (Wildman–Crippen MR) is 104 cm³/mol. The van der Waals surface area contributed by atoms with Gasteiger partial charge in [-0.3, -0.25) is 4.99 Å². The first-order valence-electron chi connectivity index (χ1n) is 9.03. The third-order valence-electron chi connectivity index (χ3n) is 4.34. The lowest BCUT2D eigenvalue weighted by molar-refractivity contribution is 0.206. The first-order valence-corrected chi connectivity index (χ1v) is 11.1. The SMILES string of the molecule is CCNC(=NCC(C(CC)CC)N(C)C)NC(C)CCS(C)(=O)=O. The Morgan fingerprint density at radius 2 is 1.75 bits per heavy atom. The normalized spacial score (nSPS) is 15.6. The Morgan fingerprint density at radius 1 is 1.17 bits per heavy atom. The van der Waals surface area contributed by atoms with Crippen LogP contribution in [-0.2, 0) is 9.84 Å². The van der Waals surface area contributed by atoms with Crippen molar-refractivity contribution in [3.05, 3.63) is 0 Å². The van der Waals surface area contributed by atoms with Crippen LogP contribution in [0.15, 0.2) is 4.99 Å². The van der Waals surface area contributed by atoms with Gasteiger partial charge in [0.25, 0.3) is 0 Å². The number of hydrogen-bond acceptors (Lipinski definition) is 4. The van der Waals surface area contributed by atoms with Crippen molar-refractivity contribution in [2.75, 3.05) is 39.2 Å². The van der Waals surface area contributed by atoms with Crippen molar-refractivity contribution in [3.8, 4) is 0 Å². The maximum absolute atomic E-state index is 11.3. The van der Waals surface area contributed by atoms with Crippen LogP contribution in [-0.4, -0.2) is 70.6 Å². The molecule has 0 aliphatic rings. The summed E-state index contributed by atoms with van der Waals surface area (Å²) in [6.07, 6.45) is 4.14. The Hall–Kier alpha value is -0.820. The van der Waals surface area contributed by atoms with Crippen LogP contribution in [0.5, 0.6) is 0 Å². The van der Waals surface area contributed by atoms with Crippen molar-refractivity contribution in [3.63, 3.8) is 0 Å². The Morgan fingerprint density at radius 3 is 2.17 bits per heavy atom. The monoisotopic (exact) mass is 362 g/mol. The molecule has 0 heterocycles. The zero-order valence-corrected chi connectivity index (χ0v) is 17.4. The third kappa shape index (κ3) is 10.1. The van der Waals surface area contributed by atoms with Crippen LogP contribution in [0.25, 0.3) is 0 Å². The van der Waals surface area contributed by atoms with Crippen LogP contribution in [0.3, 0.4) is 0 Å². The van der Waals surface area contributed by atoms with Crippen LogP contribution < -0.4 is 10.6 Å². The van der Waals surface area contributed by atoms with Crippen LogP contribution in [0.4, 0.5) is 0 Å². The van der Waals surface area contributed by atoms with E-state index in [-0.39, 0.29) is 11.8 Å². The quantitative estimate of drug-likeness (QED) is 0.432. The highest BCUT2D eigenvalue weighted by Crippen LogP contribution is 2.17. The fraction of sp³-hybridized carbons (Fsp3) is 0.941. The van der Waals surface area contributed by atoms with Crippen LogP contribution >= 0.6 is 0 Å². The molecule has 0 fully saturated rings. The highest BCUT2D eigenvalue weighted by atomic mass is 32.2. The molecule has 0 radical (unpaired) electrons. The maximum Gasteiger partial charge on any atom is 0.191 e. The predicted octanol–water partition coefficient (Wildman–Crippen LogP) is 1.73. The third-order valence-corrected chi connectivity index (χ3v) is 5.32. The van der Waals surface area contributed by atoms with Crippen molar-refractivity contribution in [1.82, 2.24) is 15.5 Å². The molecule has 0 amide bonds. The van der Waals surface area contributed by atoms with Crippen LogP contribution in [0, 0.1) is 5.92 Å². The van der Waals surface area contributed by atoms with Gasteiger partial charge in [0.05, 0.1) is 12.3 Å². The highest BCUT2D eigenvalue weighted by Gasteiger charge is 2.20. The molecule has 0 spiro atoms. The van der Waals surface area contributed by atoms with Crippen molar-refractivity contribution in [2.24, 2.45) is 10.9 Å². The van der Waals surface area contributed by atoms with E-state index in [1.165, 1.54) is 6.26 Å². The van der Waals surface area contributed by atoms with E-state index in [0.717, 1.165) is 31.9 Å². The topological polar surface area (TPSA) is 73.8 Å². The number of sulfone groups is 1. The smallest absolute Gasteiger partial charge is 0.191 e. The lowest BCUT2D eigenvalue weighted by Crippen LogP contribution is -2.44. The fourth-order valence-electron chi connectivity index (χ4n) is 2.77. The van der Waals surface area contributed by atoms with Gasteiger partial charge >= 0.3 is 0 Å². The molecule has 7 heteroatoms. The van der Waals surface area contributed by atoms with Crippen molar-refractivity contribution >= 4 is 15.8 Å². The van der Waals surface area contributed by atoms with Gasteiger partial charge in [-0.25, -0.2) is 8.42 Å². The molecule has 0 aromatic heterocycles. The average Bonchev–Trinajstić information content (AvgIpc) is 2.48. The summed E-state index contributed by atoms with van der Waals surface area (Å²) in [7, 11) is 1.28. The second kappa shape index (κ2) is 11.7. The van der Waals surface area contributed by atoms with Gasteiger partial charge < -0.3 is 15.5 Å². The van der Waals surface area contributed by atoms with E-state index in [1.54, 1.807) is 0 Å². The Labute approximate surface area is 149 Å². The lowest BCUT2D eigenvalue weighted by Gasteiger charge is -2.30. The van der Waals surface area contributed by atoms with Crippen LogP contribution in [0.1, 0.15) is 47.0 Å². The van der Waals surface area contributed by atoms with Crippen LogP contribution in [0.2, 0.25) is 0 Å². The zero-order chi connectivity index (χ0) is 18.8. The molecule has 0 aromatic carbocycles. The molecule has 2 N–H and O–H groups in total. The summed E-state index contributed by atoms with van der Waals surface area (Å²) in [6, 6.07) is 0.463. The van der Waals surface area contributed by atoms with Gasteiger partial charge in [0.1, 0.15) is 9.84 Å².